The lowest BCUT2D eigenvalue weighted by atomic mass is 9.98. The zero-order valence-electron chi connectivity index (χ0n) is 16.5. The summed E-state index contributed by atoms with van der Waals surface area (Å²) in [4.78, 5) is 12.9. The smallest absolute Gasteiger partial charge is 0.229 e. The number of Topliss-reactive ketones (excluding diaryl/α,β-unsaturated/α-hetero) is 1. The number of carbonyl (C=O) groups is 1. The van der Waals surface area contributed by atoms with E-state index in [1.54, 1.807) is 0 Å². The molecule has 0 spiro atoms. The van der Waals surface area contributed by atoms with Crippen LogP contribution in [0.15, 0.2) is 42.5 Å². The molecule has 0 radical (unpaired) electrons. The second-order valence-electron chi connectivity index (χ2n) is 7.32. The van der Waals surface area contributed by atoms with Crippen LogP contribution in [-0.2, 0) is 11.2 Å². The molecule has 8 heteroatoms. The van der Waals surface area contributed by atoms with Crippen LogP contribution in [0.1, 0.15) is 27.9 Å². The summed E-state index contributed by atoms with van der Waals surface area (Å²) >= 11 is 0. The van der Waals surface area contributed by atoms with Crippen LogP contribution < -0.4 is 4.74 Å². The molecular formula is C22H26O8. The van der Waals surface area contributed by atoms with Crippen molar-refractivity contribution in [3.63, 3.8) is 0 Å². The van der Waals surface area contributed by atoms with Crippen LogP contribution in [0.3, 0.4) is 0 Å². The van der Waals surface area contributed by atoms with Crippen molar-refractivity contribution in [1.82, 2.24) is 0 Å². The van der Waals surface area contributed by atoms with Gasteiger partial charge in [-0.1, -0.05) is 30.3 Å². The van der Waals surface area contributed by atoms with Gasteiger partial charge in [0, 0.05) is 6.42 Å². The Balaban J connectivity index is 1.79. The number of hydrogen-bond acceptors (Lipinski definition) is 8. The first-order chi connectivity index (χ1) is 14.3. The Morgan fingerprint density at radius 3 is 2.47 bits per heavy atom. The van der Waals surface area contributed by atoms with Crippen molar-refractivity contribution < 1.29 is 39.8 Å². The molecule has 5 atom stereocenters. The third-order valence-electron chi connectivity index (χ3n) is 5.26. The van der Waals surface area contributed by atoms with Crippen LogP contribution in [-0.4, -0.2) is 68.6 Å². The molecule has 1 saturated heterocycles. The third-order valence-corrected chi connectivity index (χ3v) is 5.26. The molecule has 1 fully saturated rings. The van der Waals surface area contributed by atoms with Crippen LogP contribution >= 0.6 is 0 Å². The summed E-state index contributed by atoms with van der Waals surface area (Å²) in [6, 6.07) is 11.9. The molecule has 5 N–H and O–H groups in total. The van der Waals surface area contributed by atoms with Crippen LogP contribution in [0.4, 0.5) is 0 Å². The summed E-state index contributed by atoms with van der Waals surface area (Å²) in [6.45, 7) is 1.35. The zero-order chi connectivity index (χ0) is 21.8. The fourth-order valence-electron chi connectivity index (χ4n) is 3.45. The first-order valence-electron chi connectivity index (χ1n) is 9.70. The molecule has 0 aliphatic carbocycles. The minimum Gasteiger partial charge on any atom is -0.507 e. The topological polar surface area (TPSA) is 137 Å². The minimum atomic E-state index is -1.62. The van der Waals surface area contributed by atoms with E-state index in [0.29, 0.717) is 6.42 Å². The van der Waals surface area contributed by atoms with Crippen LogP contribution in [0, 0.1) is 6.92 Å². The number of rotatable bonds is 7. The summed E-state index contributed by atoms with van der Waals surface area (Å²) in [5.41, 5.74) is 2.00. The highest BCUT2D eigenvalue weighted by Crippen LogP contribution is 2.32. The molecule has 162 valence electrons. The number of phenols is 1. The van der Waals surface area contributed by atoms with E-state index in [2.05, 4.69) is 0 Å². The van der Waals surface area contributed by atoms with Crippen molar-refractivity contribution in [3.8, 4) is 11.5 Å². The van der Waals surface area contributed by atoms with Gasteiger partial charge < -0.3 is 35.0 Å². The van der Waals surface area contributed by atoms with Gasteiger partial charge >= 0.3 is 0 Å². The van der Waals surface area contributed by atoms with Gasteiger partial charge in [-0.05, 0) is 36.6 Å². The molecule has 1 aliphatic heterocycles. The monoisotopic (exact) mass is 418 g/mol. The van der Waals surface area contributed by atoms with Crippen LogP contribution in [0.25, 0.3) is 0 Å². The van der Waals surface area contributed by atoms with Gasteiger partial charge in [0.2, 0.25) is 6.29 Å². The first kappa shape index (κ1) is 22.2. The highest BCUT2D eigenvalue weighted by molar-refractivity contribution is 6.01. The van der Waals surface area contributed by atoms with E-state index in [1.165, 1.54) is 18.2 Å². The van der Waals surface area contributed by atoms with Crippen molar-refractivity contribution >= 4 is 5.78 Å². The molecule has 0 aromatic heterocycles. The van der Waals surface area contributed by atoms with Gasteiger partial charge in [-0.15, -0.1) is 0 Å². The molecule has 0 amide bonds. The largest absolute Gasteiger partial charge is 0.507 e. The SMILES string of the molecule is Cc1ccccc1CCC(=O)c1c(O)cccc1O[C@@H]1O[C@H](CO)[C@@H](O)[C@H](O)[C@H]1O. The molecule has 1 aliphatic rings. The average Bonchev–Trinajstić information content (AvgIpc) is 2.73. The number of benzene rings is 2. The van der Waals surface area contributed by atoms with E-state index in [4.69, 9.17) is 9.47 Å². The number of ketones is 1. The Labute approximate surface area is 173 Å². The lowest BCUT2D eigenvalue weighted by Gasteiger charge is -2.39. The Kier molecular flexibility index (Phi) is 7.06. The minimum absolute atomic E-state index is 0.0332. The molecule has 0 unspecified atom stereocenters. The second kappa shape index (κ2) is 9.55. The van der Waals surface area contributed by atoms with E-state index >= 15 is 0 Å². The molecular weight excluding hydrogens is 392 g/mol. The van der Waals surface area contributed by atoms with Gasteiger partial charge in [0.15, 0.2) is 5.78 Å². The molecule has 8 nitrogen and oxygen atoms in total. The molecule has 2 aromatic rings. The maximum atomic E-state index is 12.9. The van der Waals surface area contributed by atoms with Crippen LogP contribution in [0.2, 0.25) is 0 Å². The average molecular weight is 418 g/mol. The fourth-order valence-corrected chi connectivity index (χ4v) is 3.45. The first-order valence-corrected chi connectivity index (χ1v) is 9.70. The lowest BCUT2D eigenvalue weighted by molar-refractivity contribution is -0.277. The number of aliphatic hydroxyl groups excluding tert-OH is 4. The maximum absolute atomic E-state index is 12.9. The Hall–Kier alpha value is -2.49. The van der Waals surface area contributed by atoms with Crippen LogP contribution in [0.5, 0.6) is 11.5 Å². The van der Waals surface area contributed by atoms with Crippen molar-refractivity contribution in [3.05, 3.63) is 59.2 Å². The summed E-state index contributed by atoms with van der Waals surface area (Å²) in [5, 5.41) is 49.6. The van der Waals surface area contributed by atoms with Gasteiger partial charge in [-0.3, -0.25) is 4.79 Å². The van der Waals surface area contributed by atoms with E-state index in [1.807, 2.05) is 31.2 Å². The molecule has 3 rings (SSSR count). The molecule has 1 heterocycles. The Bertz CT molecular complexity index is 881. The number of aromatic hydroxyl groups is 1. The summed E-state index contributed by atoms with van der Waals surface area (Å²) in [7, 11) is 0. The van der Waals surface area contributed by atoms with Crippen molar-refractivity contribution in [2.75, 3.05) is 6.61 Å². The van der Waals surface area contributed by atoms with Gasteiger partial charge in [-0.2, -0.15) is 0 Å². The van der Waals surface area contributed by atoms with E-state index in [-0.39, 0.29) is 29.3 Å². The van der Waals surface area contributed by atoms with Gasteiger partial charge in [0.05, 0.1) is 6.61 Å². The van der Waals surface area contributed by atoms with E-state index in [0.717, 1.165) is 11.1 Å². The van der Waals surface area contributed by atoms with E-state index in [9.17, 15) is 30.3 Å². The molecule has 0 bridgehead atoms. The van der Waals surface area contributed by atoms with E-state index < -0.39 is 37.3 Å². The Morgan fingerprint density at radius 2 is 1.77 bits per heavy atom. The second-order valence-corrected chi connectivity index (χ2v) is 7.32. The maximum Gasteiger partial charge on any atom is 0.229 e. The lowest BCUT2D eigenvalue weighted by Crippen LogP contribution is -2.60. The predicted molar refractivity (Wildman–Crippen MR) is 106 cm³/mol. The third kappa shape index (κ3) is 4.63. The van der Waals surface area contributed by atoms with Crippen molar-refractivity contribution in [2.24, 2.45) is 0 Å². The standard InChI is InChI=1S/C22H26O8/c1-12-5-2-3-6-13(12)9-10-15(25)18-14(24)7-4-8-16(18)29-22-21(28)20(27)19(26)17(11-23)30-22/h2-8,17,19-24,26-28H,9-11H2,1H3/t17-,19-,20+,21-,22-/m1/s1. The number of aryl methyl sites for hydroxylation is 2. The summed E-state index contributed by atoms with van der Waals surface area (Å²) < 4.78 is 10.9. The summed E-state index contributed by atoms with van der Waals surface area (Å²) in [5.74, 6) is -0.683. The number of carbonyl (C=O) groups excluding carboxylic acids is 1. The normalized spacial score (nSPS) is 26.4. The molecule has 30 heavy (non-hydrogen) atoms. The number of ether oxygens (including phenoxy) is 2. The summed E-state index contributed by atoms with van der Waals surface area (Å²) in [6.07, 6.45) is -6.77. The van der Waals surface area contributed by atoms with Gasteiger partial charge in [-0.25, -0.2) is 0 Å². The van der Waals surface area contributed by atoms with Crippen molar-refractivity contribution in [2.45, 2.75) is 50.5 Å². The number of phenolic OH excluding ortho intramolecular Hbond substituents is 1. The fraction of sp³-hybridized carbons (Fsp3) is 0.409. The molecule has 2 aromatic carbocycles. The zero-order valence-corrected chi connectivity index (χ0v) is 16.5. The number of aliphatic hydroxyl groups is 4. The highest BCUT2D eigenvalue weighted by atomic mass is 16.7. The van der Waals surface area contributed by atoms with Gasteiger partial charge in [0.1, 0.15) is 41.5 Å². The van der Waals surface area contributed by atoms with Crippen molar-refractivity contribution in [1.29, 1.82) is 0 Å². The Morgan fingerprint density at radius 1 is 1.03 bits per heavy atom. The number of hydrogen-bond donors (Lipinski definition) is 5. The highest BCUT2D eigenvalue weighted by Gasteiger charge is 2.45. The van der Waals surface area contributed by atoms with Gasteiger partial charge in [0.25, 0.3) is 0 Å². The quantitative estimate of drug-likeness (QED) is 0.415. The molecule has 0 saturated carbocycles. The predicted octanol–water partition coefficient (Wildman–Crippen LogP) is 0.695.